The highest BCUT2D eigenvalue weighted by Gasteiger charge is 2.22. The average Bonchev–Trinajstić information content (AvgIpc) is 3.07. The molecule has 3 N–H and O–H groups in total. The van der Waals surface area contributed by atoms with Crippen molar-refractivity contribution in [3.05, 3.63) is 77.0 Å². The fraction of sp³-hybridized carbons (Fsp3) is 0.143. The number of aromatic nitrogens is 2. The van der Waals surface area contributed by atoms with Gasteiger partial charge in [0.05, 0.1) is 6.54 Å². The van der Waals surface area contributed by atoms with Gasteiger partial charge in [-0.15, -0.1) is 0 Å². The summed E-state index contributed by atoms with van der Waals surface area (Å²) in [6.07, 6.45) is 1.94. The zero-order valence-corrected chi connectivity index (χ0v) is 14.9. The van der Waals surface area contributed by atoms with Crippen LogP contribution in [0.25, 0.3) is 0 Å². The van der Waals surface area contributed by atoms with Crippen molar-refractivity contribution in [2.24, 2.45) is 4.99 Å². The van der Waals surface area contributed by atoms with Gasteiger partial charge in [-0.3, -0.25) is 9.79 Å². The van der Waals surface area contributed by atoms with Crippen LogP contribution < -0.4 is 11.1 Å². The third-order valence-corrected chi connectivity index (χ3v) is 4.47. The summed E-state index contributed by atoms with van der Waals surface area (Å²) in [6.45, 7) is 2.56. The molecule has 0 fully saturated rings. The topological polar surface area (TPSA) is 93.3 Å². The number of nitrogens with one attached hydrogen (secondary N) is 1. The molecule has 4 rings (SSSR count). The van der Waals surface area contributed by atoms with Gasteiger partial charge in [-0.1, -0.05) is 35.9 Å². The van der Waals surface area contributed by atoms with Crippen LogP contribution in [0.3, 0.4) is 0 Å². The van der Waals surface area contributed by atoms with Gasteiger partial charge in [-0.25, -0.2) is 4.98 Å². The Hall–Kier alpha value is -3.54. The smallest absolute Gasteiger partial charge is 0.221 e. The molecule has 6 nitrogen and oxygen atoms in total. The van der Waals surface area contributed by atoms with Crippen molar-refractivity contribution in [2.75, 3.05) is 11.1 Å². The van der Waals surface area contributed by atoms with Crippen LogP contribution >= 0.6 is 0 Å². The van der Waals surface area contributed by atoms with Gasteiger partial charge in [0.15, 0.2) is 5.78 Å². The van der Waals surface area contributed by atoms with Crippen molar-refractivity contribution >= 4 is 28.9 Å². The summed E-state index contributed by atoms with van der Waals surface area (Å²) in [5.41, 5.74) is 11.1. The van der Waals surface area contributed by atoms with E-state index >= 15 is 0 Å². The number of carbonyl (C=O) groups excluding carboxylic acids is 1. The summed E-state index contributed by atoms with van der Waals surface area (Å²) in [4.78, 5) is 25.3. The first kappa shape index (κ1) is 16.9. The van der Waals surface area contributed by atoms with Crippen LogP contribution in [-0.2, 0) is 17.8 Å². The van der Waals surface area contributed by atoms with Crippen molar-refractivity contribution in [3.63, 3.8) is 0 Å². The van der Waals surface area contributed by atoms with Crippen LogP contribution in [0.2, 0.25) is 0 Å². The minimum atomic E-state index is 0.0287. The van der Waals surface area contributed by atoms with E-state index in [1.165, 1.54) is 5.56 Å². The standard InChI is InChI=1S/C21H19N5O/c1-13-2-4-14(5-3-13)10-18(27)20-17-11-16(7-6-15(17)12-24-20)25-19-8-9-23-21(22)26-19/h2-9,11H,10,12H2,1H3,(H3,22,23,25,26). The maximum absolute atomic E-state index is 12.8. The largest absolute Gasteiger partial charge is 0.368 e. The zero-order valence-electron chi connectivity index (χ0n) is 14.9. The van der Waals surface area contributed by atoms with Gasteiger partial charge in [0.2, 0.25) is 5.95 Å². The first-order valence-corrected chi connectivity index (χ1v) is 8.70. The highest BCUT2D eigenvalue weighted by atomic mass is 16.1. The maximum atomic E-state index is 12.8. The SMILES string of the molecule is Cc1ccc(CC(=O)C2=NCc3ccc(Nc4ccnc(N)n4)cc32)cc1. The highest BCUT2D eigenvalue weighted by Crippen LogP contribution is 2.25. The van der Waals surface area contributed by atoms with Crippen molar-refractivity contribution < 1.29 is 4.79 Å². The van der Waals surface area contributed by atoms with Gasteiger partial charge in [-0.05, 0) is 36.2 Å². The molecule has 0 unspecified atom stereocenters. The summed E-state index contributed by atoms with van der Waals surface area (Å²) in [5.74, 6) is 0.836. The Morgan fingerprint density at radius 2 is 1.96 bits per heavy atom. The van der Waals surface area contributed by atoms with Crippen LogP contribution in [0.4, 0.5) is 17.5 Å². The normalized spacial score (nSPS) is 12.4. The van der Waals surface area contributed by atoms with E-state index in [0.29, 0.717) is 24.5 Å². The van der Waals surface area contributed by atoms with E-state index < -0.39 is 0 Å². The molecule has 0 radical (unpaired) electrons. The third kappa shape index (κ3) is 3.69. The van der Waals surface area contributed by atoms with E-state index in [1.807, 2.05) is 49.4 Å². The van der Waals surface area contributed by atoms with Crippen molar-refractivity contribution in [2.45, 2.75) is 19.9 Å². The van der Waals surface area contributed by atoms with Gasteiger partial charge in [-0.2, -0.15) is 4.98 Å². The molecule has 0 bridgehead atoms. The molecular weight excluding hydrogens is 338 g/mol. The zero-order chi connectivity index (χ0) is 18.8. The van der Waals surface area contributed by atoms with Crippen molar-refractivity contribution in [1.82, 2.24) is 9.97 Å². The third-order valence-electron chi connectivity index (χ3n) is 4.47. The lowest BCUT2D eigenvalue weighted by Gasteiger charge is -2.09. The molecule has 0 spiro atoms. The number of anilines is 3. The number of benzene rings is 2. The molecule has 3 aromatic rings. The number of rotatable bonds is 5. The molecule has 134 valence electrons. The predicted molar refractivity (Wildman–Crippen MR) is 106 cm³/mol. The monoisotopic (exact) mass is 357 g/mol. The lowest BCUT2D eigenvalue weighted by atomic mass is 9.98. The molecule has 0 atom stereocenters. The van der Waals surface area contributed by atoms with E-state index in [4.69, 9.17) is 5.73 Å². The molecule has 27 heavy (non-hydrogen) atoms. The van der Waals surface area contributed by atoms with E-state index in [2.05, 4.69) is 20.3 Å². The number of carbonyl (C=O) groups is 1. The van der Waals surface area contributed by atoms with E-state index in [0.717, 1.165) is 22.4 Å². The van der Waals surface area contributed by atoms with E-state index in [9.17, 15) is 4.79 Å². The Kier molecular flexibility index (Phi) is 4.38. The van der Waals surface area contributed by atoms with E-state index in [1.54, 1.807) is 12.3 Å². The Bertz CT molecular complexity index is 1040. The molecule has 1 aromatic heterocycles. The lowest BCUT2D eigenvalue weighted by molar-refractivity contribution is -0.112. The number of hydrogen-bond donors (Lipinski definition) is 2. The average molecular weight is 357 g/mol. The van der Waals surface area contributed by atoms with Crippen molar-refractivity contribution in [1.29, 1.82) is 0 Å². The second kappa shape index (κ2) is 6.99. The summed E-state index contributed by atoms with van der Waals surface area (Å²) in [7, 11) is 0. The number of nitrogens with zero attached hydrogens (tertiary/aromatic N) is 3. The minimum Gasteiger partial charge on any atom is -0.368 e. The second-order valence-corrected chi connectivity index (χ2v) is 6.55. The van der Waals surface area contributed by atoms with Gasteiger partial charge in [0, 0.05) is 23.9 Å². The van der Waals surface area contributed by atoms with Crippen molar-refractivity contribution in [3.8, 4) is 0 Å². The summed E-state index contributed by atoms with van der Waals surface area (Å²) in [5, 5.41) is 3.19. The number of ketones is 1. The second-order valence-electron chi connectivity index (χ2n) is 6.55. The molecule has 1 aliphatic rings. The summed E-state index contributed by atoms with van der Waals surface area (Å²) < 4.78 is 0. The number of hydrogen-bond acceptors (Lipinski definition) is 6. The summed E-state index contributed by atoms with van der Waals surface area (Å²) >= 11 is 0. The maximum Gasteiger partial charge on any atom is 0.221 e. The number of aryl methyl sites for hydroxylation is 1. The Morgan fingerprint density at radius 3 is 2.74 bits per heavy atom. The first-order valence-electron chi connectivity index (χ1n) is 8.70. The quantitative estimate of drug-likeness (QED) is 0.731. The molecule has 2 aromatic carbocycles. The number of aliphatic imine (C=N–C) groups is 1. The van der Waals surface area contributed by atoms with Crippen LogP contribution in [0, 0.1) is 6.92 Å². The Morgan fingerprint density at radius 1 is 1.15 bits per heavy atom. The predicted octanol–water partition coefficient (Wildman–Crippen LogP) is 3.23. The highest BCUT2D eigenvalue weighted by molar-refractivity contribution is 6.47. The van der Waals surface area contributed by atoms with Gasteiger partial charge in [0.1, 0.15) is 11.5 Å². The molecule has 0 amide bonds. The van der Waals surface area contributed by atoms with Gasteiger partial charge in [0.25, 0.3) is 0 Å². The Labute approximate surface area is 157 Å². The number of Topliss-reactive ketones (excluding diaryl/α,β-unsaturated/α-hetero) is 1. The molecule has 6 heteroatoms. The molecular formula is C21H19N5O. The number of fused-ring (bicyclic) bond motifs is 1. The molecule has 1 aliphatic heterocycles. The molecule has 0 saturated heterocycles. The van der Waals surface area contributed by atoms with Crippen LogP contribution in [0.15, 0.2) is 59.7 Å². The minimum absolute atomic E-state index is 0.0287. The van der Waals surface area contributed by atoms with Gasteiger partial charge < -0.3 is 11.1 Å². The summed E-state index contributed by atoms with van der Waals surface area (Å²) in [6, 6.07) is 15.6. The first-order chi connectivity index (χ1) is 13.1. The molecule has 0 saturated carbocycles. The van der Waals surface area contributed by atoms with Crippen LogP contribution in [0.5, 0.6) is 0 Å². The fourth-order valence-electron chi connectivity index (χ4n) is 3.07. The number of nitrogen functional groups attached to an aromatic ring is 1. The molecule has 0 aliphatic carbocycles. The van der Waals surface area contributed by atoms with Crippen LogP contribution in [-0.4, -0.2) is 21.5 Å². The van der Waals surface area contributed by atoms with Crippen LogP contribution in [0.1, 0.15) is 22.3 Å². The Balaban J connectivity index is 1.55. The number of nitrogens with two attached hydrogens (primary N) is 1. The van der Waals surface area contributed by atoms with Gasteiger partial charge >= 0.3 is 0 Å². The fourth-order valence-corrected chi connectivity index (χ4v) is 3.07. The van der Waals surface area contributed by atoms with E-state index in [-0.39, 0.29) is 11.7 Å². The molecule has 2 heterocycles. The lowest BCUT2D eigenvalue weighted by Crippen LogP contribution is -2.16.